The van der Waals surface area contributed by atoms with Gasteiger partial charge < -0.3 is 19.6 Å². The summed E-state index contributed by atoms with van der Waals surface area (Å²) in [5.41, 5.74) is 0.226. The number of rotatable bonds is 4. The normalized spacial score (nSPS) is 21.2. The number of thiazole rings is 1. The molecule has 4 heterocycles. The molecule has 2 aliphatic heterocycles. The SMILES string of the molecule is CC(C)(C)OC(=O)N[C@@H]1C(=O)N2C(C(=O)O)=C(c3csc(-c4ccco4)n3)CC[C@H]12. The Kier molecular flexibility index (Phi) is 4.89. The summed E-state index contributed by atoms with van der Waals surface area (Å²) < 4.78 is 10.6. The first-order chi connectivity index (χ1) is 14.2. The number of nitrogens with zero attached hydrogens (tertiary/aromatic N) is 2. The molecule has 2 aromatic heterocycles. The second-order valence-corrected chi connectivity index (χ2v) is 8.94. The Bertz CT molecular complexity index is 1030. The number of alkyl carbamates (subject to hydrolysis) is 1. The lowest BCUT2D eigenvalue weighted by Crippen LogP contribution is -2.71. The van der Waals surface area contributed by atoms with Crippen molar-refractivity contribution in [3.8, 4) is 10.8 Å². The van der Waals surface area contributed by atoms with Gasteiger partial charge in [0, 0.05) is 11.0 Å². The molecule has 1 saturated heterocycles. The first-order valence-electron chi connectivity index (χ1n) is 9.44. The van der Waals surface area contributed by atoms with Gasteiger partial charge in [0.1, 0.15) is 17.3 Å². The highest BCUT2D eigenvalue weighted by Gasteiger charge is 2.54. The molecule has 10 heteroatoms. The van der Waals surface area contributed by atoms with Crippen molar-refractivity contribution in [3.05, 3.63) is 35.2 Å². The van der Waals surface area contributed by atoms with Gasteiger partial charge in [-0.2, -0.15) is 0 Å². The molecule has 0 aromatic carbocycles. The van der Waals surface area contributed by atoms with E-state index in [-0.39, 0.29) is 5.70 Å². The van der Waals surface area contributed by atoms with Crippen molar-refractivity contribution >= 4 is 34.9 Å². The molecule has 0 spiro atoms. The fourth-order valence-corrected chi connectivity index (χ4v) is 4.47. The quantitative estimate of drug-likeness (QED) is 0.713. The van der Waals surface area contributed by atoms with E-state index in [9.17, 15) is 19.5 Å². The molecule has 4 rings (SSSR count). The van der Waals surface area contributed by atoms with Gasteiger partial charge in [-0.15, -0.1) is 11.3 Å². The smallest absolute Gasteiger partial charge is 0.408 e. The number of ether oxygens (including phenoxy) is 1. The van der Waals surface area contributed by atoms with E-state index in [0.717, 1.165) is 0 Å². The molecule has 0 saturated carbocycles. The van der Waals surface area contributed by atoms with E-state index in [1.807, 2.05) is 0 Å². The Morgan fingerprint density at radius 3 is 2.80 bits per heavy atom. The number of fused-ring (bicyclic) bond motifs is 1. The molecular weight excluding hydrogens is 410 g/mol. The van der Waals surface area contributed by atoms with Crippen LogP contribution in [0.3, 0.4) is 0 Å². The third-order valence-corrected chi connectivity index (χ3v) is 5.71. The number of carboxylic acid groups (broad SMARTS) is 1. The zero-order valence-corrected chi connectivity index (χ0v) is 17.5. The molecule has 0 unspecified atom stereocenters. The Morgan fingerprint density at radius 1 is 1.40 bits per heavy atom. The summed E-state index contributed by atoms with van der Waals surface area (Å²) in [4.78, 5) is 42.5. The lowest BCUT2D eigenvalue weighted by Gasteiger charge is -2.50. The van der Waals surface area contributed by atoms with Crippen molar-refractivity contribution in [1.29, 1.82) is 0 Å². The molecule has 2 atom stereocenters. The van der Waals surface area contributed by atoms with Gasteiger partial charge in [0.2, 0.25) is 0 Å². The molecule has 0 radical (unpaired) electrons. The van der Waals surface area contributed by atoms with Crippen molar-refractivity contribution < 1.29 is 28.6 Å². The number of nitrogens with one attached hydrogen (secondary N) is 1. The van der Waals surface area contributed by atoms with Crippen LogP contribution >= 0.6 is 11.3 Å². The van der Waals surface area contributed by atoms with Crippen LogP contribution < -0.4 is 5.32 Å². The first-order valence-corrected chi connectivity index (χ1v) is 10.3. The first kappa shape index (κ1) is 20.1. The van der Waals surface area contributed by atoms with Crippen LogP contribution in [0.5, 0.6) is 0 Å². The lowest BCUT2D eigenvalue weighted by molar-refractivity contribution is -0.153. The van der Waals surface area contributed by atoms with Crippen molar-refractivity contribution in [1.82, 2.24) is 15.2 Å². The molecule has 9 nitrogen and oxygen atoms in total. The average Bonchev–Trinajstić information content (AvgIpc) is 3.34. The summed E-state index contributed by atoms with van der Waals surface area (Å²) >= 11 is 1.34. The van der Waals surface area contributed by atoms with Crippen LogP contribution in [0.2, 0.25) is 0 Å². The summed E-state index contributed by atoms with van der Waals surface area (Å²) in [5.74, 6) is -1.08. The molecule has 2 N–H and O–H groups in total. The number of hydrogen-bond acceptors (Lipinski definition) is 7. The fraction of sp³-hybridized carbons (Fsp3) is 0.400. The summed E-state index contributed by atoms with van der Waals surface area (Å²) in [6, 6.07) is 2.30. The summed E-state index contributed by atoms with van der Waals surface area (Å²) in [6.07, 6.45) is 1.77. The summed E-state index contributed by atoms with van der Waals surface area (Å²) in [6.45, 7) is 5.18. The number of amides is 2. The lowest BCUT2D eigenvalue weighted by atomic mass is 9.83. The number of carbonyl (C=O) groups is 3. The number of aliphatic carboxylic acids is 1. The van der Waals surface area contributed by atoms with Gasteiger partial charge in [-0.05, 0) is 45.7 Å². The van der Waals surface area contributed by atoms with E-state index in [0.29, 0.717) is 34.9 Å². The second kappa shape index (κ2) is 7.28. The highest BCUT2D eigenvalue weighted by Crippen LogP contribution is 2.41. The number of allylic oxidation sites excluding steroid dienone is 1. The number of furan rings is 1. The van der Waals surface area contributed by atoms with Crippen LogP contribution in [0.25, 0.3) is 16.3 Å². The van der Waals surface area contributed by atoms with Crippen molar-refractivity contribution in [3.63, 3.8) is 0 Å². The Morgan fingerprint density at radius 2 is 2.17 bits per heavy atom. The molecule has 2 amide bonds. The van der Waals surface area contributed by atoms with E-state index >= 15 is 0 Å². The maximum atomic E-state index is 12.7. The van der Waals surface area contributed by atoms with Crippen LogP contribution in [0.4, 0.5) is 4.79 Å². The van der Waals surface area contributed by atoms with E-state index in [4.69, 9.17) is 9.15 Å². The minimum Gasteiger partial charge on any atom is -0.477 e. The largest absolute Gasteiger partial charge is 0.477 e. The van der Waals surface area contributed by atoms with Gasteiger partial charge in [-0.1, -0.05) is 0 Å². The molecule has 0 bridgehead atoms. The number of hydrogen-bond donors (Lipinski definition) is 2. The molecule has 30 heavy (non-hydrogen) atoms. The van der Waals surface area contributed by atoms with Gasteiger partial charge in [-0.25, -0.2) is 14.6 Å². The topological polar surface area (TPSA) is 122 Å². The van der Waals surface area contributed by atoms with E-state index in [2.05, 4.69) is 10.3 Å². The molecule has 2 aromatic rings. The Labute approximate surface area is 176 Å². The Hall–Kier alpha value is -3.14. The highest BCUT2D eigenvalue weighted by molar-refractivity contribution is 7.13. The number of carbonyl (C=O) groups excluding carboxylic acids is 2. The zero-order chi connectivity index (χ0) is 21.6. The predicted octanol–water partition coefficient (Wildman–Crippen LogP) is 3.10. The van der Waals surface area contributed by atoms with Crippen molar-refractivity contribution in [2.24, 2.45) is 0 Å². The fourth-order valence-electron chi connectivity index (χ4n) is 3.67. The number of aromatic nitrogens is 1. The van der Waals surface area contributed by atoms with Crippen LogP contribution in [0.1, 0.15) is 39.3 Å². The minimum absolute atomic E-state index is 0.0882. The van der Waals surface area contributed by atoms with Crippen molar-refractivity contribution in [2.45, 2.75) is 51.3 Å². The van der Waals surface area contributed by atoms with E-state index in [1.54, 1.807) is 44.5 Å². The third kappa shape index (κ3) is 3.58. The number of β-lactam (4-membered cyclic amide) rings is 1. The minimum atomic E-state index is -1.20. The second-order valence-electron chi connectivity index (χ2n) is 8.09. The number of carboxylic acids is 1. The standard InChI is InChI=1S/C20H21N3O6S/c1-20(2,3)29-19(27)22-14-12-7-6-10(15(18(25)26)23(12)17(14)24)11-9-30-16(21-11)13-5-4-8-28-13/h4-5,8-9,12,14H,6-7H2,1-3H3,(H,22,27)(H,25,26)/t12-,14+/m1/s1. The van der Waals surface area contributed by atoms with Gasteiger partial charge in [0.05, 0.1) is 18.0 Å². The van der Waals surface area contributed by atoms with Gasteiger partial charge in [0.15, 0.2) is 10.8 Å². The summed E-state index contributed by atoms with van der Waals surface area (Å²) in [5, 5.41) is 14.8. The van der Waals surface area contributed by atoms with Crippen LogP contribution in [0.15, 0.2) is 33.9 Å². The molecule has 2 aliphatic rings. The van der Waals surface area contributed by atoms with Gasteiger partial charge >= 0.3 is 12.1 Å². The van der Waals surface area contributed by atoms with Crippen LogP contribution in [0, 0.1) is 0 Å². The van der Waals surface area contributed by atoms with Crippen molar-refractivity contribution in [2.75, 3.05) is 0 Å². The Balaban J connectivity index is 1.58. The van der Waals surface area contributed by atoms with E-state index in [1.165, 1.54) is 16.2 Å². The maximum absolute atomic E-state index is 12.7. The molecular formula is C20H21N3O6S. The summed E-state index contributed by atoms with van der Waals surface area (Å²) in [7, 11) is 0. The highest BCUT2D eigenvalue weighted by atomic mass is 32.1. The molecule has 1 fully saturated rings. The third-order valence-electron chi connectivity index (χ3n) is 4.86. The zero-order valence-electron chi connectivity index (χ0n) is 16.7. The monoisotopic (exact) mass is 431 g/mol. The van der Waals surface area contributed by atoms with Crippen LogP contribution in [-0.4, -0.2) is 50.6 Å². The van der Waals surface area contributed by atoms with E-state index < -0.39 is 35.7 Å². The molecule has 0 aliphatic carbocycles. The van der Waals surface area contributed by atoms with Gasteiger partial charge in [0.25, 0.3) is 5.91 Å². The van der Waals surface area contributed by atoms with Crippen LogP contribution in [-0.2, 0) is 14.3 Å². The van der Waals surface area contributed by atoms with Gasteiger partial charge in [-0.3, -0.25) is 9.69 Å². The maximum Gasteiger partial charge on any atom is 0.408 e. The molecule has 158 valence electrons. The average molecular weight is 431 g/mol. The predicted molar refractivity (Wildman–Crippen MR) is 107 cm³/mol.